The van der Waals surface area contributed by atoms with Crippen molar-refractivity contribution in [1.82, 2.24) is 4.90 Å². The monoisotopic (exact) mass is 381 g/mol. The molecule has 2 aromatic rings. The van der Waals surface area contributed by atoms with Crippen LogP contribution in [0.15, 0.2) is 48.2 Å². The van der Waals surface area contributed by atoms with E-state index in [4.69, 9.17) is 14.2 Å². The number of fused-ring (bicyclic) bond motifs is 1. The highest BCUT2D eigenvalue weighted by atomic mass is 16.6. The molecule has 1 aliphatic heterocycles. The van der Waals surface area contributed by atoms with Crippen LogP contribution in [-0.4, -0.2) is 36.5 Å². The molecule has 0 aliphatic carbocycles. The predicted octanol–water partition coefficient (Wildman–Crippen LogP) is 4.54. The first-order valence-corrected chi connectivity index (χ1v) is 9.33. The number of carbonyl (C=O) groups excluding carboxylic acids is 2. The van der Waals surface area contributed by atoms with E-state index in [9.17, 15) is 9.59 Å². The van der Waals surface area contributed by atoms with Gasteiger partial charge in [0, 0.05) is 19.2 Å². The number of ether oxygens (including phenoxy) is 3. The highest BCUT2D eigenvalue weighted by molar-refractivity contribution is 6.14. The molecule has 1 aliphatic rings. The summed E-state index contributed by atoms with van der Waals surface area (Å²) < 4.78 is 16.5. The summed E-state index contributed by atoms with van der Waals surface area (Å²) in [5.41, 5.74) is 1.28. The summed E-state index contributed by atoms with van der Waals surface area (Å²) in [7, 11) is 0. The highest BCUT2D eigenvalue weighted by Crippen LogP contribution is 2.35. The molecule has 6 heteroatoms. The lowest BCUT2D eigenvalue weighted by atomic mass is 10.1. The molecule has 0 atom stereocenters. The van der Waals surface area contributed by atoms with Gasteiger partial charge >= 0.3 is 6.09 Å². The molecule has 0 N–H and O–H groups in total. The van der Waals surface area contributed by atoms with Crippen LogP contribution in [0.25, 0.3) is 6.08 Å². The molecule has 0 radical (unpaired) electrons. The van der Waals surface area contributed by atoms with Crippen molar-refractivity contribution >= 4 is 18.0 Å². The second-order valence-corrected chi connectivity index (χ2v) is 6.14. The Labute approximate surface area is 164 Å². The van der Waals surface area contributed by atoms with E-state index < -0.39 is 0 Å². The lowest BCUT2D eigenvalue weighted by molar-refractivity contribution is 0.101. The SMILES string of the molecule is CCOc1ccc2c(c1)O/C(=C\c1ccc(OC(=O)N(CC)CC)cc1)C2=O. The van der Waals surface area contributed by atoms with Gasteiger partial charge < -0.3 is 19.1 Å². The van der Waals surface area contributed by atoms with Crippen LogP contribution in [0, 0.1) is 0 Å². The number of Topliss-reactive ketones (excluding diaryl/α,β-unsaturated/α-hetero) is 1. The van der Waals surface area contributed by atoms with E-state index in [0.29, 0.717) is 42.5 Å². The van der Waals surface area contributed by atoms with Gasteiger partial charge in [0.05, 0.1) is 12.2 Å². The molecule has 0 fully saturated rings. The average molecular weight is 381 g/mol. The topological polar surface area (TPSA) is 65.1 Å². The predicted molar refractivity (Wildman–Crippen MR) is 106 cm³/mol. The molecule has 0 bridgehead atoms. The van der Waals surface area contributed by atoms with Crippen LogP contribution in [0.2, 0.25) is 0 Å². The summed E-state index contributed by atoms with van der Waals surface area (Å²) in [5, 5.41) is 0. The zero-order valence-corrected chi connectivity index (χ0v) is 16.2. The normalized spacial score (nSPS) is 13.8. The molecule has 2 aromatic carbocycles. The average Bonchev–Trinajstić information content (AvgIpc) is 2.99. The van der Waals surface area contributed by atoms with Crippen molar-refractivity contribution in [2.45, 2.75) is 20.8 Å². The van der Waals surface area contributed by atoms with Gasteiger partial charge in [-0.15, -0.1) is 0 Å². The number of benzene rings is 2. The molecular formula is C22H23NO5. The summed E-state index contributed by atoms with van der Waals surface area (Å²) in [6, 6.07) is 12.1. The molecule has 0 saturated carbocycles. The van der Waals surface area contributed by atoms with Crippen LogP contribution in [0.1, 0.15) is 36.7 Å². The van der Waals surface area contributed by atoms with E-state index in [1.54, 1.807) is 53.4 Å². The number of allylic oxidation sites excluding steroid dienone is 1. The van der Waals surface area contributed by atoms with Crippen LogP contribution >= 0.6 is 0 Å². The smallest absolute Gasteiger partial charge is 0.415 e. The van der Waals surface area contributed by atoms with Gasteiger partial charge in [0.25, 0.3) is 0 Å². The Morgan fingerprint density at radius 3 is 2.36 bits per heavy atom. The Balaban J connectivity index is 1.72. The van der Waals surface area contributed by atoms with Gasteiger partial charge in [-0.25, -0.2) is 4.79 Å². The number of ketones is 1. The third-order valence-corrected chi connectivity index (χ3v) is 4.36. The Kier molecular flexibility index (Phi) is 5.99. The summed E-state index contributed by atoms with van der Waals surface area (Å²) in [6.45, 7) is 7.41. The molecular weight excluding hydrogens is 358 g/mol. The Morgan fingerprint density at radius 1 is 1.04 bits per heavy atom. The first-order chi connectivity index (χ1) is 13.5. The Hall–Kier alpha value is -3.28. The maximum atomic E-state index is 12.5. The molecule has 6 nitrogen and oxygen atoms in total. The molecule has 3 rings (SSSR count). The van der Waals surface area contributed by atoms with Crippen molar-refractivity contribution in [3.05, 3.63) is 59.4 Å². The van der Waals surface area contributed by atoms with Crippen LogP contribution in [0.5, 0.6) is 17.2 Å². The first kappa shape index (κ1) is 19.5. The van der Waals surface area contributed by atoms with Crippen molar-refractivity contribution < 1.29 is 23.8 Å². The number of hydrogen-bond donors (Lipinski definition) is 0. The fourth-order valence-corrected chi connectivity index (χ4v) is 2.85. The minimum Gasteiger partial charge on any atom is -0.494 e. The van der Waals surface area contributed by atoms with Crippen molar-refractivity contribution in [2.24, 2.45) is 0 Å². The first-order valence-electron chi connectivity index (χ1n) is 9.33. The Bertz CT molecular complexity index is 898. The van der Waals surface area contributed by atoms with Crippen LogP contribution in [0.3, 0.4) is 0 Å². The second-order valence-electron chi connectivity index (χ2n) is 6.14. The molecule has 146 valence electrons. The highest BCUT2D eigenvalue weighted by Gasteiger charge is 2.27. The largest absolute Gasteiger partial charge is 0.494 e. The minimum atomic E-state index is -0.383. The third-order valence-electron chi connectivity index (χ3n) is 4.36. The van der Waals surface area contributed by atoms with Gasteiger partial charge in [0.15, 0.2) is 5.76 Å². The minimum absolute atomic E-state index is 0.171. The van der Waals surface area contributed by atoms with Crippen molar-refractivity contribution in [1.29, 1.82) is 0 Å². The van der Waals surface area contributed by atoms with Gasteiger partial charge in [-0.1, -0.05) is 12.1 Å². The van der Waals surface area contributed by atoms with Gasteiger partial charge in [-0.05, 0) is 56.7 Å². The van der Waals surface area contributed by atoms with E-state index in [1.807, 2.05) is 20.8 Å². The van der Waals surface area contributed by atoms with Crippen LogP contribution in [0.4, 0.5) is 4.79 Å². The van der Waals surface area contributed by atoms with Crippen molar-refractivity contribution in [3.63, 3.8) is 0 Å². The number of nitrogens with zero attached hydrogens (tertiary/aromatic N) is 1. The summed E-state index contributed by atoms with van der Waals surface area (Å²) in [6.07, 6.45) is 1.28. The Morgan fingerprint density at radius 2 is 1.71 bits per heavy atom. The molecule has 28 heavy (non-hydrogen) atoms. The van der Waals surface area contributed by atoms with Gasteiger partial charge in [0.2, 0.25) is 5.78 Å². The lowest BCUT2D eigenvalue weighted by Gasteiger charge is -2.17. The molecule has 0 unspecified atom stereocenters. The van der Waals surface area contributed by atoms with E-state index in [-0.39, 0.29) is 17.6 Å². The number of carbonyl (C=O) groups is 2. The molecule has 1 amide bonds. The quantitative estimate of drug-likeness (QED) is 0.687. The summed E-state index contributed by atoms with van der Waals surface area (Å²) >= 11 is 0. The van der Waals surface area contributed by atoms with Gasteiger partial charge in [0.1, 0.15) is 17.2 Å². The van der Waals surface area contributed by atoms with Crippen molar-refractivity contribution in [3.8, 4) is 17.2 Å². The van der Waals surface area contributed by atoms with E-state index >= 15 is 0 Å². The summed E-state index contributed by atoms with van der Waals surface area (Å²) in [4.78, 5) is 26.1. The molecule has 0 spiro atoms. The second kappa shape index (κ2) is 8.61. The van der Waals surface area contributed by atoms with E-state index in [0.717, 1.165) is 5.56 Å². The maximum Gasteiger partial charge on any atom is 0.415 e. The van der Waals surface area contributed by atoms with E-state index in [2.05, 4.69) is 0 Å². The van der Waals surface area contributed by atoms with E-state index in [1.165, 1.54) is 0 Å². The standard InChI is InChI=1S/C22H23NO5/c1-4-23(5-2)22(25)27-16-9-7-15(8-10-16)13-20-21(24)18-12-11-17(26-6-3)14-19(18)28-20/h7-14H,4-6H2,1-3H3/b20-13-. The zero-order valence-electron chi connectivity index (χ0n) is 16.2. The molecule has 0 saturated heterocycles. The van der Waals surface area contributed by atoms with Gasteiger partial charge in [-0.3, -0.25) is 4.79 Å². The molecule has 1 heterocycles. The number of rotatable bonds is 6. The van der Waals surface area contributed by atoms with Crippen LogP contribution < -0.4 is 14.2 Å². The van der Waals surface area contributed by atoms with Crippen LogP contribution in [-0.2, 0) is 0 Å². The summed E-state index contributed by atoms with van der Waals surface area (Å²) in [5.74, 6) is 1.68. The lowest BCUT2D eigenvalue weighted by Crippen LogP contribution is -2.33. The van der Waals surface area contributed by atoms with Crippen molar-refractivity contribution in [2.75, 3.05) is 19.7 Å². The third kappa shape index (κ3) is 4.17. The van der Waals surface area contributed by atoms with Gasteiger partial charge in [-0.2, -0.15) is 0 Å². The maximum absolute atomic E-state index is 12.5. The fourth-order valence-electron chi connectivity index (χ4n) is 2.85. The number of hydrogen-bond acceptors (Lipinski definition) is 5. The zero-order chi connectivity index (χ0) is 20.1. The fraction of sp³-hybridized carbons (Fsp3) is 0.273. The number of amides is 1. The molecule has 0 aromatic heterocycles.